The van der Waals surface area contributed by atoms with Crippen molar-refractivity contribution in [1.82, 2.24) is 18.7 Å². The Morgan fingerprint density at radius 3 is 2.52 bits per heavy atom. The standard InChI is InChI=1S/C22H17Cl3N4O2/c23-15-2-1-3-16(9-15)29-20-19(21(30)28(22(29)31)11-13-4-5-13)27(12-26-20)10-14-6-7-17(24)18(25)8-14/h1-3,6-9,12-13H,4-5,10-11H2. The molecule has 0 N–H and O–H groups in total. The maximum Gasteiger partial charge on any atom is 0.337 e. The second-order valence-corrected chi connectivity index (χ2v) is 9.00. The molecule has 1 aliphatic carbocycles. The first kappa shape index (κ1) is 20.4. The van der Waals surface area contributed by atoms with Gasteiger partial charge in [0.15, 0.2) is 11.2 Å². The molecule has 0 saturated heterocycles. The van der Waals surface area contributed by atoms with Crippen LogP contribution in [0.3, 0.4) is 0 Å². The Morgan fingerprint density at radius 2 is 1.81 bits per heavy atom. The average molecular weight is 476 g/mol. The summed E-state index contributed by atoms with van der Waals surface area (Å²) in [6.07, 6.45) is 3.60. The van der Waals surface area contributed by atoms with E-state index in [-0.39, 0.29) is 5.56 Å². The van der Waals surface area contributed by atoms with Gasteiger partial charge in [0.1, 0.15) is 0 Å². The molecule has 1 aliphatic rings. The zero-order chi connectivity index (χ0) is 21.7. The number of imidazole rings is 1. The smallest absolute Gasteiger partial charge is 0.320 e. The Labute approximate surface area is 192 Å². The molecule has 4 aromatic rings. The van der Waals surface area contributed by atoms with E-state index in [1.807, 2.05) is 6.07 Å². The molecular formula is C22H17Cl3N4O2. The van der Waals surface area contributed by atoms with Crippen molar-refractivity contribution < 1.29 is 0 Å². The number of halogens is 3. The summed E-state index contributed by atoms with van der Waals surface area (Å²) in [4.78, 5) is 31.1. The molecule has 0 radical (unpaired) electrons. The van der Waals surface area contributed by atoms with Crippen LogP contribution in [-0.4, -0.2) is 18.7 Å². The Morgan fingerprint density at radius 1 is 1.00 bits per heavy atom. The molecule has 31 heavy (non-hydrogen) atoms. The monoisotopic (exact) mass is 474 g/mol. The highest BCUT2D eigenvalue weighted by Crippen LogP contribution is 2.30. The molecule has 0 amide bonds. The van der Waals surface area contributed by atoms with Crippen LogP contribution in [-0.2, 0) is 13.1 Å². The topological polar surface area (TPSA) is 61.8 Å². The van der Waals surface area contributed by atoms with E-state index < -0.39 is 5.69 Å². The van der Waals surface area contributed by atoms with Gasteiger partial charge in [-0.1, -0.05) is 46.9 Å². The van der Waals surface area contributed by atoms with Gasteiger partial charge in [0.25, 0.3) is 5.56 Å². The zero-order valence-corrected chi connectivity index (χ0v) is 18.5. The molecule has 2 aromatic carbocycles. The van der Waals surface area contributed by atoms with Gasteiger partial charge in [-0.15, -0.1) is 0 Å². The first-order valence-corrected chi connectivity index (χ1v) is 11.0. The molecule has 0 atom stereocenters. The third-order valence-corrected chi connectivity index (χ3v) is 6.42. The van der Waals surface area contributed by atoms with E-state index in [4.69, 9.17) is 34.8 Å². The molecule has 0 aliphatic heterocycles. The molecule has 0 spiro atoms. The normalized spacial score (nSPS) is 13.8. The summed E-state index contributed by atoms with van der Waals surface area (Å²) >= 11 is 18.3. The van der Waals surface area contributed by atoms with Crippen LogP contribution in [0, 0.1) is 5.92 Å². The predicted molar refractivity (Wildman–Crippen MR) is 123 cm³/mol. The van der Waals surface area contributed by atoms with Crippen LogP contribution >= 0.6 is 34.8 Å². The highest BCUT2D eigenvalue weighted by Gasteiger charge is 2.26. The molecule has 2 aromatic heterocycles. The summed E-state index contributed by atoms with van der Waals surface area (Å²) in [5.74, 6) is 0.349. The number of fused-ring (bicyclic) bond motifs is 1. The quantitative estimate of drug-likeness (QED) is 0.418. The molecule has 1 saturated carbocycles. The predicted octanol–water partition coefficient (Wildman–Crippen LogP) is 4.77. The minimum atomic E-state index is -0.411. The Bertz CT molecular complexity index is 1430. The van der Waals surface area contributed by atoms with Gasteiger partial charge in [0, 0.05) is 18.1 Å². The van der Waals surface area contributed by atoms with Crippen LogP contribution in [0.2, 0.25) is 15.1 Å². The van der Waals surface area contributed by atoms with Crippen molar-refractivity contribution in [2.75, 3.05) is 0 Å². The Kier molecular flexibility index (Phi) is 5.16. The Balaban J connectivity index is 1.74. The Hall–Kier alpha value is -2.54. The summed E-state index contributed by atoms with van der Waals surface area (Å²) in [5, 5.41) is 1.39. The maximum absolute atomic E-state index is 13.4. The second kappa shape index (κ2) is 7.86. The van der Waals surface area contributed by atoms with Gasteiger partial charge in [0.2, 0.25) is 0 Å². The summed E-state index contributed by atoms with van der Waals surface area (Å²) in [5.41, 5.74) is 1.32. The lowest BCUT2D eigenvalue weighted by molar-refractivity contribution is 0.567. The van der Waals surface area contributed by atoms with Crippen LogP contribution < -0.4 is 11.2 Å². The first-order chi connectivity index (χ1) is 14.9. The van der Waals surface area contributed by atoms with Gasteiger partial charge in [-0.2, -0.15) is 0 Å². The van der Waals surface area contributed by atoms with Gasteiger partial charge < -0.3 is 4.57 Å². The third kappa shape index (κ3) is 3.80. The maximum atomic E-state index is 13.4. The SMILES string of the molecule is O=c1c2c(ncn2Cc2ccc(Cl)c(Cl)c2)n(-c2cccc(Cl)c2)c(=O)n1CC1CC1. The van der Waals surface area contributed by atoms with Crippen LogP contribution in [0.15, 0.2) is 58.4 Å². The largest absolute Gasteiger partial charge is 0.337 e. The molecule has 1 fully saturated rings. The second-order valence-electron chi connectivity index (χ2n) is 7.75. The van der Waals surface area contributed by atoms with Crippen molar-refractivity contribution in [1.29, 1.82) is 0 Å². The molecular weight excluding hydrogens is 459 g/mol. The van der Waals surface area contributed by atoms with E-state index in [1.54, 1.807) is 47.3 Å². The number of nitrogens with zero attached hydrogens (tertiary/aromatic N) is 4. The number of rotatable bonds is 5. The fourth-order valence-corrected chi connectivity index (χ4v) is 4.21. The van der Waals surface area contributed by atoms with Gasteiger partial charge in [-0.05, 0) is 54.7 Å². The number of hydrogen-bond donors (Lipinski definition) is 0. The third-order valence-electron chi connectivity index (χ3n) is 5.44. The summed E-state index contributed by atoms with van der Waals surface area (Å²) < 4.78 is 4.51. The van der Waals surface area contributed by atoms with E-state index in [0.717, 1.165) is 18.4 Å². The average Bonchev–Trinajstić information content (AvgIpc) is 3.47. The molecule has 5 rings (SSSR count). The minimum absolute atomic E-state index is 0.296. The van der Waals surface area contributed by atoms with Crippen molar-refractivity contribution in [2.45, 2.75) is 25.9 Å². The summed E-state index contributed by atoms with van der Waals surface area (Å²) in [7, 11) is 0. The van der Waals surface area contributed by atoms with Crippen LogP contribution in [0.25, 0.3) is 16.9 Å². The number of aromatic nitrogens is 4. The minimum Gasteiger partial charge on any atom is -0.320 e. The molecule has 0 unspecified atom stereocenters. The van der Waals surface area contributed by atoms with Crippen molar-refractivity contribution >= 4 is 46.0 Å². The molecule has 9 heteroatoms. The lowest BCUT2D eigenvalue weighted by Crippen LogP contribution is -2.40. The van der Waals surface area contributed by atoms with Crippen LogP contribution in [0.1, 0.15) is 18.4 Å². The molecule has 0 bridgehead atoms. The zero-order valence-electron chi connectivity index (χ0n) is 16.3. The van der Waals surface area contributed by atoms with Crippen molar-refractivity contribution in [2.24, 2.45) is 5.92 Å². The summed E-state index contributed by atoms with van der Waals surface area (Å²) in [6.45, 7) is 0.756. The van der Waals surface area contributed by atoms with E-state index in [2.05, 4.69) is 4.98 Å². The fraction of sp³-hybridized carbons (Fsp3) is 0.227. The van der Waals surface area contributed by atoms with Crippen LogP contribution in [0.4, 0.5) is 0 Å². The van der Waals surface area contributed by atoms with Crippen molar-refractivity contribution in [3.05, 3.63) is 90.3 Å². The van der Waals surface area contributed by atoms with E-state index >= 15 is 0 Å². The van der Waals surface area contributed by atoms with Crippen molar-refractivity contribution in [3.8, 4) is 5.69 Å². The van der Waals surface area contributed by atoms with Crippen molar-refractivity contribution in [3.63, 3.8) is 0 Å². The molecule has 6 nitrogen and oxygen atoms in total. The van der Waals surface area contributed by atoms with E-state index in [0.29, 0.717) is 50.9 Å². The van der Waals surface area contributed by atoms with Gasteiger partial charge in [-0.25, -0.2) is 14.3 Å². The van der Waals surface area contributed by atoms with Gasteiger partial charge in [-0.3, -0.25) is 9.36 Å². The highest BCUT2D eigenvalue weighted by molar-refractivity contribution is 6.42. The van der Waals surface area contributed by atoms with E-state index in [9.17, 15) is 9.59 Å². The van der Waals surface area contributed by atoms with E-state index in [1.165, 1.54) is 9.13 Å². The number of hydrogen-bond acceptors (Lipinski definition) is 3. The molecule has 2 heterocycles. The first-order valence-electron chi connectivity index (χ1n) is 9.83. The lowest BCUT2D eigenvalue weighted by Gasteiger charge is -2.13. The number of benzene rings is 2. The molecule has 158 valence electrons. The van der Waals surface area contributed by atoms with Gasteiger partial charge >= 0.3 is 5.69 Å². The fourth-order valence-electron chi connectivity index (χ4n) is 3.70. The lowest BCUT2D eigenvalue weighted by atomic mass is 10.2. The summed E-state index contributed by atoms with van der Waals surface area (Å²) in [6, 6.07) is 12.3. The van der Waals surface area contributed by atoms with Crippen LogP contribution in [0.5, 0.6) is 0 Å². The van der Waals surface area contributed by atoms with Gasteiger partial charge in [0.05, 0.1) is 22.1 Å². The highest BCUT2D eigenvalue weighted by atomic mass is 35.5.